The average Bonchev–Trinajstić information content (AvgIpc) is 3.35. The number of hydrogen-bond acceptors (Lipinski definition) is 7. The van der Waals surface area contributed by atoms with Crippen molar-refractivity contribution in [1.82, 2.24) is 20.1 Å². The van der Waals surface area contributed by atoms with Crippen molar-refractivity contribution in [2.75, 3.05) is 25.3 Å². The first kappa shape index (κ1) is 28.7. The van der Waals surface area contributed by atoms with Gasteiger partial charge in [-0.25, -0.2) is 0 Å². The first-order valence-electron chi connectivity index (χ1n) is 12.7. The van der Waals surface area contributed by atoms with Gasteiger partial charge >= 0.3 is 0 Å². The van der Waals surface area contributed by atoms with Gasteiger partial charge in [-0.3, -0.25) is 14.2 Å². The standard InChI is InChI=1S/C30H33N5O4S/c1-18-7-9-20(3)23(13-18)32-28(36)17-40-30-34-33-27(35(30)24-14-19(2)8-10-21(24)4)16-31-29(37)22-11-12-25(38-5)26(15-22)39-6/h7-15H,16-17H2,1-6H3,(H,31,37)(H,32,36). The summed E-state index contributed by atoms with van der Waals surface area (Å²) in [5.74, 6) is 1.26. The monoisotopic (exact) mass is 559 g/mol. The van der Waals surface area contributed by atoms with Crippen molar-refractivity contribution in [1.29, 1.82) is 0 Å². The molecule has 0 radical (unpaired) electrons. The molecule has 0 atom stereocenters. The molecule has 10 heteroatoms. The fourth-order valence-corrected chi connectivity index (χ4v) is 4.90. The zero-order valence-electron chi connectivity index (χ0n) is 23.5. The Morgan fingerprint density at radius 1 is 0.850 bits per heavy atom. The Balaban J connectivity index is 1.55. The van der Waals surface area contributed by atoms with Crippen LogP contribution in [-0.4, -0.2) is 46.6 Å². The van der Waals surface area contributed by atoms with E-state index in [1.807, 2.05) is 68.7 Å². The molecule has 0 unspecified atom stereocenters. The highest BCUT2D eigenvalue weighted by Gasteiger charge is 2.19. The quantitative estimate of drug-likeness (QED) is 0.258. The molecule has 1 aromatic heterocycles. The van der Waals surface area contributed by atoms with Crippen molar-refractivity contribution >= 4 is 29.3 Å². The fourth-order valence-electron chi connectivity index (χ4n) is 4.14. The maximum absolute atomic E-state index is 13.0. The van der Waals surface area contributed by atoms with Gasteiger partial charge in [-0.15, -0.1) is 10.2 Å². The third-order valence-corrected chi connectivity index (χ3v) is 7.29. The molecule has 0 saturated carbocycles. The second kappa shape index (κ2) is 12.7. The summed E-state index contributed by atoms with van der Waals surface area (Å²) < 4.78 is 12.5. The number of anilines is 1. The van der Waals surface area contributed by atoms with E-state index in [1.165, 1.54) is 18.9 Å². The third kappa shape index (κ3) is 6.63. The number of ether oxygens (including phenoxy) is 2. The molecule has 0 bridgehead atoms. The topological polar surface area (TPSA) is 107 Å². The van der Waals surface area contributed by atoms with Crippen LogP contribution >= 0.6 is 11.8 Å². The van der Waals surface area contributed by atoms with E-state index in [1.54, 1.807) is 25.3 Å². The van der Waals surface area contributed by atoms with E-state index in [0.29, 0.717) is 28.0 Å². The van der Waals surface area contributed by atoms with E-state index in [0.717, 1.165) is 33.6 Å². The van der Waals surface area contributed by atoms with E-state index < -0.39 is 0 Å². The van der Waals surface area contributed by atoms with Crippen molar-refractivity contribution in [3.63, 3.8) is 0 Å². The average molecular weight is 560 g/mol. The van der Waals surface area contributed by atoms with Crippen LogP contribution in [0.3, 0.4) is 0 Å². The second-order valence-electron chi connectivity index (χ2n) is 9.43. The number of rotatable bonds is 10. The first-order valence-corrected chi connectivity index (χ1v) is 13.7. The number of hydrogen-bond donors (Lipinski definition) is 2. The lowest BCUT2D eigenvalue weighted by Gasteiger charge is -2.15. The Morgan fingerprint density at radius 2 is 1.55 bits per heavy atom. The molecule has 0 aliphatic heterocycles. The van der Waals surface area contributed by atoms with Gasteiger partial charge in [0.05, 0.1) is 32.2 Å². The molecule has 2 amide bonds. The smallest absolute Gasteiger partial charge is 0.251 e. The van der Waals surface area contributed by atoms with Crippen LogP contribution in [0.25, 0.3) is 5.69 Å². The summed E-state index contributed by atoms with van der Waals surface area (Å²) in [5, 5.41) is 15.2. The lowest BCUT2D eigenvalue weighted by molar-refractivity contribution is -0.113. The van der Waals surface area contributed by atoms with E-state index >= 15 is 0 Å². The zero-order chi connectivity index (χ0) is 28.8. The molecule has 0 aliphatic rings. The lowest BCUT2D eigenvalue weighted by atomic mass is 10.1. The van der Waals surface area contributed by atoms with E-state index in [-0.39, 0.29) is 24.1 Å². The largest absolute Gasteiger partial charge is 0.493 e. The van der Waals surface area contributed by atoms with Gasteiger partial charge in [0.25, 0.3) is 5.91 Å². The molecule has 0 aliphatic carbocycles. The number of thioether (sulfide) groups is 1. The maximum Gasteiger partial charge on any atom is 0.251 e. The number of benzene rings is 3. The number of nitrogens with zero attached hydrogens (tertiary/aromatic N) is 3. The van der Waals surface area contributed by atoms with Crippen LogP contribution in [0.1, 0.15) is 38.4 Å². The van der Waals surface area contributed by atoms with E-state index in [9.17, 15) is 9.59 Å². The number of methoxy groups -OCH3 is 2. The molecule has 3 aromatic carbocycles. The van der Waals surface area contributed by atoms with Gasteiger partial charge in [0.1, 0.15) is 0 Å². The zero-order valence-corrected chi connectivity index (χ0v) is 24.3. The van der Waals surface area contributed by atoms with Crippen LogP contribution in [0, 0.1) is 27.7 Å². The van der Waals surface area contributed by atoms with Crippen LogP contribution in [0.15, 0.2) is 59.8 Å². The molecule has 0 fully saturated rings. The Bertz CT molecular complexity index is 1550. The summed E-state index contributed by atoms with van der Waals surface area (Å²) in [6.07, 6.45) is 0. The minimum Gasteiger partial charge on any atom is -0.493 e. The number of amides is 2. The van der Waals surface area contributed by atoms with Gasteiger partial charge in [-0.1, -0.05) is 36.0 Å². The molecule has 9 nitrogen and oxygen atoms in total. The number of aryl methyl sites for hydroxylation is 4. The summed E-state index contributed by atoms with van der Waals surface area (Å²) in [7, 11) is 3.06. The number of carbonyl (C=O) groups is 2. The summed E-state index contributed by atoms with van der Waals surface area (Å²) in [5.41, 5.74) is 6.25. The van der Waals surface area contributed by atoms with Crippen LogP contribution in [0.5, 0.6) is 11.5 Å². The van der Waals surface area contributed by atoms with Crippen molar-refractivity contribution in [3.05, 3.63) is 88.2 Å². The minimum atomic E-state index is -0.293. The van der Waals surface area contributed by atoms with Crippen molar-refractivity contribution in [2.24, 2.45) is 0 Å². The summed E-state index contributed by atoms with van der Waals surface area (Å²) >= 11 is 1.29. The lowest BCUT2D eigenvalue weighted by Crippen LogP contribution is -2.25. The number of nitrogens with one attached hydrogen (secondary N) is 2. The summed E-state index contributed by atoms with van der Waals surface area (Å²) in [6, 6.07) is 17.0. The van der Waals surface area contributed by atoms with Crippen LogP contribution < -0.4 is 20.1 Å². The summed E-state index contributed by atoms with van der Waals surface area (Å²) in [4.78, 5) is 25.8. The third-order valence-electron chi connectivity index (χ3n) is 6.36. The van der Waals surface area contributed by atoms with Crippen molar-refractivity contribution in [3.8, 4) is 17.2 Å². The van der Waals surface area contributed by atoms with Crippen LogP contribution in [-0.2, 0) is 11.3 Å². The number of carbonyl (C=O) groups excluding carboxylic acids is 2. The first-order chi connectivity index (χ1) is 19.2. The second-order valence-corrected chi connectivity index (χ2v) is 10.4. The number of aromatic nitrogens is 3. The highest BCUT2D eigenvalue weighted by atomic mass is 32.2. The van der Waals surface area contributed by atoms with Crippen molar-refractivity contribution < 1.29 is 19.1 Å². The van der Waals surface area contributed by atoms with Gasteiger partial charge in [-0.05, 0) is 80.3 Å². The van der Waals surface area contributed by atoms with Crippen LogP contribution in [0.4, 0.5) is 5.69 Å². The SMILES string of the molecule is COc1ccc(C(=O)NCc2nnc(SCC(=O)Nc3cc(C)ccc3C)n2-c2cc(C)ccc2C)cc1OC. The van der Waals surface area contributed by atoms with Crippen LogP contribution in [0.2, 0.25) is 0 Å². The molecule has 4 aromatic rings. The maximum atomic E-state index is 13.0. The molecule has 208 valence electrons. The van der Waals surface area contributed by atoms with Gasteiger partial charge in [0, 0.05) is 11.3 Å². The van der Waals surface area contributed by atoms with Crippen molar-refractivity contribution in [2.45, 2.75) is 39.4 Å². The predicted octanol–water partition coefficient (Wildman–Crippen LogP) is 5.18. The molecule has 0 spiro atoms. The van der Waals surface area contributed by atoms with Gasteiger partial charge in [0.15, 0.2) is 22.5 Å². The van der Waals surface area contributed by atoms with E-state index in [4.69, 9.17) is 9.47 Å². The van der Waals surface area contributed by atoms with Gasteiger partial charge in [0.2, 0.25) is 5.91 Å². The Morgan fingerprint density at radius 3 is 2.27 bits per heavy atom. The summed E-state index contributed by atoms with van der Waals surface area (Å²) in [6.45, 7) is 8.09. The Kier molecular flexibility index (Phi) is 9.11. The van der Waals surface area contributed by atoms with Gasteiger partial charge in [-0.2, -0.15) is 0 Å². The predicted molar refractivity (Wildman–Crippen MR) is 157 cm³/mol. The molecular formula is C30H33N5O4S. The molecule has 4 rings (SSSR count). The fraction of sp³-hybridized carbons (Fsp3) is 0.267. The highest BCUT2D eigenvalue weighted by Crippen LogP contribution is 2.28. The molecule has 0 saturated heterocycles. The Hall–Kier alpha value is -4.31. The molecular weight excluding hydrogens is 526 g/mol. The normalized spacial score (nSPS) is 10.8. The molecule has 40 heavy (non-hydrogen) atoms. The van der Waals surface area contributed by atoms with Gasteiger partial charge < -0.3 is 20.1 Å². The molecule has 1 heterocycles. The Labute approximate surface area is 238 Å². The highest BCUT2D eigenvalue weighted by molar-refractivity contribution is 7.99. The molecule has 2 N–H and O–H groups in total. The van der Waals surface area contributed by atoms with E-state index in [2.05, 4.69) is 20.8 Å². The minimum absolute atomic E-state index is 0.128.